The minimum atomic E-state index is 1.07. The van der Waals surface area contributed by atoms with E-state index in [4.69, 9.17) is 0 Å². The summed E-state index contributed by atoms with van der Waals surface area (Å²) in [7, 11) is 0. The fraction of sp³-hybridized carbons (Fsp3) is 0. The standard InChI is InChI=1S/C5H3IN2S/c6-4-3-7-5-8(4)1-2-9-5/h1-3H. The topological polar surface area (TPSA) is 17.3 Å². The molecule has 4 heteroatoms. The van der Waals surface area contributed by atoms with Gasteiger partial charge in [-0.15, -0.1) is 11.3 Å². The van der Waals surface area contributed by atoms with Crippen molar-refractivity contribution in [2.45, 2.75) is 0 Å². The minimum absolute atomic E-state index is 1.07. The molecule has 0 saturated heterocycles. The number of thiazole rings is 1. The van der Waals surface area contributed by atoms with E-state index in [0.29, 0.717) is 0 Å². The molecule has 0 spiro atoms. The maximum absolute atomic E-state index is 4.15. The molecular weight excluding hydrogens is 247 g/mol. The van der Waals surface area contributed by atoms with Crippen LogP contribution in [0.5, 0.6) is 0 Å². The Hall–Kier alpha value is -0.100. The summed E-state index contributed by atoms with van der Waals surface area (Å²) >= 11 is 3.91. The Morgan fingerprint density at radius 2 is 2.56 bits per heavy atom. The Balaban J connectivity index is 2.99. The minimum Gasteiger partial charge on any atom is -0.285 e. The van der Waals surface area contributed by atoms with E-state index >= 15 is 0 Å². The van der Waals surface area contributed by atoms with Gasteiger partial charge in [0.1, 0.15) is 3.70 Å². The van der Waals surface area contributed by atoms with Crippen LogP contribution in [0.25, 0.3) is 4.96 Å². The van der Waals surface area contributed by atoms with Gasteiger partial charge in [0.25, 0.3) is 0 Å². The molecule has 0 aliphatic heterocycles. The van der Waals surface area contributed by atoms with Gasteiger partial charge in [0, 0.05) is 11.6 Å². The summed E-state index contributed by atoms with van der Waals surface area (Å²) < 4.78 is 3.23. The highest BCUT2D eigenvalue weighted by Gasteiger charge is 1.97. The Labute approximate surface area is 69.7 Å². The van der Waals surface area contributed by atoms with E-state index in [1.807, 2.05) is 17.8 Å². The molecule has 0 bridgehead atoms. The Morgan fingerprint density at radius 1 is 1.67 bits per heavy atom. The SMILES string of the molecule is Ic1cnc2sccn12. The van der Waals surface area contributed by atoms with Crippen molar-refractivity contribution in [3.05, 3.63) is 21.5 Å². The van der Waals surface area contributed by atoms with Gasteiger partial charge in [-0.3, -0.25) is 4.40 Å². The third kappa shape index (κ3) is 0.770. The molecule has 0 aromatic carbocycles. The summed E-state index contributed by atoms with van der Waals surface area (Å²) in [6, 6.07) is 0. The predicted octanol–water partition coefficient (Wildman–Crippen LogP) is 2.00. The average Bonchev–Trinajstić information content (AvgIpc) is 2.35. The normalized spacial score (nSPS) is 10.8. The van der Waals surface area contributed by atoms with Crippen molar-refractivity contribution in [1.29, 1.82) is 0 Å². The second kappa shape index (κ2) is 1.95. The van der Waals surface area contributed by atoms with Crippen molar-refractivity contribution in [2.75, 3.05) is 0 Å². The summed E-state index contributed by atoms with van der Waals surface area (Å²) in [6.07, 6.45) is 3.89. The van der Waals surface area contributed by atoms with E-state index in [2.05, 4.69) is 32.0 Å². The lowest BCUT2D eigenvalue weighted by Crippen LogP contribution is -1.75. The molecule has 0 fully saturated rings. The van der Waals surface area contributed by atoms with Crippen molar-refractivity contribution in [1.82, 2.24) is 9.38 Å². The van der Waals surface area contributed by atoms with Crippen molar-refractivity contribution in [2.24, 2.45) is 0 Å². The molecule has 0 aliphatic carbocycles. The number of hydrogen-bond acceptors (Lipinski definition) is 2. The summed E-state index contributed by atoms with van der Waals surface area (Å²) in [5, 5.41) is 2.03. The predicted molar refractivity (Wildman–Crippen MR) is 45.8 cm³/mol. The zero-order valence-electron chi connectivity index (χ0n) is 4.41. The Bertz CT molecular complexity index is 324. The molecule has 0 amide bonds. The Morgan fingerprint density at radius 3 is 3.33 bits per heavy atom. The fourth-order valence-electron chi connectivity index (χ4n) is 0.699. The quantitative estimate of drug-likeness (QED) is 0.653. The first-order chi connectivity index (χ1) is 4.38. The van der Waals surface area contributed by atoms with Gasteiger partial charge in [-0.1, -0.05) is 0 Å². The van der Waals surface area contributed by atoms with E-state index in [1.165, 1.54) is 3.70 Å². The van der Waals surface area contributed by atoms with Gasteiger partial charge < -0.3 is 0 Å². The van der Waals surface area contributed by atoms with Gasteiger partial charge in [0.15, 0.2) is 4.96 Å². The van der Waals surface area contributed by atoms with Crippen LogP contribution in [0.15, 0.2) is 17.8 Å². The van der Waals surface area contributed by atoms with E-state index in [-0.39, 0.29) is 0 Å². The van der Waals surface area contributed by atoms with Gasteiger partial charge in [-0.25, -0.2) is 4.98 Å². The van der Waals surface area contributed by atoms with Gasteiger partial charge in [0.05, 0.1) is 6.20 Å². The molecule has 2 heterocycles. The van der Waals surface area contributed by atoms with Gasteiger partial charge in [-0.2, -0.15) is 0 Å². The van der Waals surface area contributed by atoms with E-state index < -0.39 is 0 Å². The van der Waals surface area contributed by atoms with Crippen molar-refractivity contribution < 1.29 is 0 Å². The molecule has 2 nitrogen and oxygen atoms in total. The zero-order chi connectivity index (χ0) is 6.27. The van der Waals surface area contributed by atoms with Crippen LogP contribution < -0.4 is 0 Å². The molecule has 2 rings (SSSR count). The van der Waals surface area contributed by atoms with Crippen LogP contribution in [-0.4, -0.2) is 9.38 Å². The first kappa shape index (κ1) is 5.67. The average molecular weight is 250 g/mol. The lowest BCUT2D eigenvalue weighted by atomic mass is 10.9. The van der Waals surface area contributed by atoms with E-state index in [0.717, 1.165) is 4.96 Å². The molecule has 0 radical (unpaired) electrons. The molecule has 0 N–H and O–H groups in total. The van der Waals surface area contributed by atoms with Gasteiger partial charge in [-0.05, 0) is 22.6 Å². The highest BCUT2D eigenvalue weighted by Crippen LogP contribution is 2.13. The highest BCUT2D eigenvalue weighted by molar-refractivity contribution is 14.1. The molecule has 46 valence electrons. The lowest BCUT2D eigenvalue weighted by Gasteiger charge is -1.79. The highest BCUT2D eigenvalue weighted by atomic mass is 127. The first-order valence-corrected chi connectivity index (χ1v) is 4.40. The molecular formula is C5H3IN2S. The zero-order valence-corrected chi connectivity index (χ0v) is 7.39. The summed E-state index contributed by atoms with van der Waals surface area (Å²) in [6.45, 7) is 0. The largest absolute Gasteiger partial charge is 0.285 e. The van der Waals surface area contributed by atoms with Crippen molar-refractivity contribution >= 4 is 38.9 Å². The summed E-state index contributed by atoms with van der Waals surface area (Å²) in [5.74, 6) is 0. The molecule has 0 atom stereocenters. The molecule has 9 heavy (non-hydrogen) atoms. The third-order valence-corrected chi connectivity index (χ3v) is 2.67. The summed E-state index contributed by atoms with van der Waals surface area (Å²) in [4.78, 5) is 5.22. The molecule has 0 unspecified atom stereocenters. The monoisotopic (exact) mass is 250 g/mol. The van der Waals surface area contributed by atoms with Crippen LogP contribution in [0.3, 0.4) is 0 Å². The van der Waals surface area contributed by atoms with Gasteiger partial charge in [0.2, 0.25) is 0 Å². The van der Waals surface area contributed by atoms with E-state index in [1.54, 1.807) is 11.3 Å². The number of halogens is 1. The van der Waals surface area contributed by atoms with Crippen LogP contribution in [0.1, 0.15) is 0 Å². The van der Waals surface area contributed by atoms with E-state index in [9.17, 15) is 0 Å². The first-order valence-electron chi connectivity index (χ1n) is 2.44. The fourth-order valence-corrected chi connectivity index (χ4v) is 2.08. The Kier molecular flexibility index (Phi) is 1.23. The second-order valence-corrected chi connectivity index (χ2v) is 3.61. The van der Waals surface area contributed by atoms with Crippen LogP contribution in [0, 0.1) is 3.70 Å². The van der Waals surface area contributed by atoms with Crippen molar-refractivity contribution in [3.63, 3.8) is 0 Å². The number of imidazole rings is 1. The smallest absolute Gasteiger partial charge is 0.194 e. The molecule has 2 aromatic rings. The lowest BCUT2D eigenvalue weighted by molar-refractivity contribution is 1.19. The number of nitrogens with zero attached hydrogens (tertiary/aromatic N) is 2. The number of fused-ring (bicyclic) bond motifs is 1. The maximum Gasteiger partial charge on any atom is 0.194 e. The molecule has 0 aliphatic rings. The van der Waals surface area contributed by atoms with Crippen molar-refractivity contribution in [3.8, 4) is 0 Å². The second-order valence-electron chi connectivity index (χ2n) is 1.64. The van der Waals surface area contributed by atoms with Crippen LogP contribution >= 0.6 is 33.9 Å². The van der Waals surface area contributed by atoms with Crippen LogP contribution in [-0.2, 0) is 0 Å². The summed E-state index contributed by atoms with van der Waals surface area (Å²) in [5.41, 5.74) is 0. The number of aromatic nitrogens is 2. The number of hydrogen-bond donors (Lipinski definition) is 0. The maximum atomic E-state index is 4.15. The number of rotatable bonds is 0. The van der Waals surface area contributed by atoms with Crippen LogP contribution in [0.2, 0.25) is 0 Å². The molecule has 0 saturated carbocycles. The third-order valence-electron chi connectivity index (χ3n) is 1.10. The van der Waals surface area contributed by atoms with Gasteiger partial charge >= 0.3 is 0 Å². The molecule has 2 aromatic heterocycles. The van der Waals surface area contributed by atoms with Crippen LogP contribution in [0.4, 0.5) is 0 Å².